The summed E-state index contributed by atoms with van der Waals surface area (Å²) in [6.07, 6.45) is 3.63. The molecule has 3 rings (SSSR count). The Balaban J connectivity index is 1.66. The Morgan fingerprint density at radius 2 is 1.76 bits per heavy atom. The van der Waals surface area contributed by atoms with Gasteiger partial charge in [0.05, 0.1) is 12.0 Å². The van der Waals surface area contributed by atoms with E-state index in [2.05, 4.69) is 22.9 Å². The lowest BCUT2D eigenvalue weighted by Gasteiger charge is -2.37. The predicted octanol–water partition coefficient (Wildman–Crippen LogP) is 2.16. The number of benzene rings is 1. The van der Waals surface area contributed by atoms with Gasteiger partial charge in [-0.3, -0.25) is 9.88 Å². The number of methoxy groups -OCH3 is 1. The standard InChI is InChI=1S/C18H23N3O3S/c1-15(16-4-3-9-19-14-16)20-10-12-21(13-11-20)25(22,23)18-7-5-17(24-2)6-8-18/h3-9,14-15H,10-13H2,1-2H3/t15-/m0/s1. The third-order valence-corrected chi connectivity index (χ3v) is 6.60. The zero-order valence-corrected chi connectivity index (χ0v) is 15.3. The molecule has 2 aromatic rings. The molecule has 1 atom stereocenters. The van der Waals surface area contributed by atoms with Gasteiger partial charge < -0.3 is 4.74 Å². The van der Waals surface area contributed by atoms with Crippen LogP contribution in [0.2, 0.25) is 0 Å². The molecule has 134 valence electrons. The lowest BCUT2D eigenvalue weighted by Crippen LogP contribution is -2.49. The van der Waals surface area contributed by atoms with Crippen LogP contribution in [0.4, 0.5) is 0 Å². The molecule has 1 aliphatic heterocycles. The summed E-state index contributed by atoms with van der Waals surface area (Å²) in [5.74, 6) is 0.647. The number of sulfonamides is 1. The normalized spacial score (nSPS) is 18.0. The van der Waals surface area contributed by atoms with Gasteiger partial charge in [0.15, 0.2) is 0 Å². The molecule has 1 aromatic carbocycles. The van der Waals surface area contributed by atoms with Gasteiger partial charge in [-0.25, -0.2) is 8.42 Å². The molecule has 0 amide bonds. The first-order valence-electron chi connectivity index (χ1n) is 8.30. The molecule has 1 fully saturated rings. The summed E-state index contributed by atoms with van der Waals surface area (Å²) < 4.78 is 32.2. The van der Waals surface area contributed by atoms with E-state index in [4.69, 9.17) is 4.74 Å². The van der Waals surface area contributed by atoms with E-state index in [-0.39, 0.29) is 6.04 Å². The molecule has 6 nitrogen and oxygen atoms in total. The minimum atomic E-state index is -3.46. The SMILES string of the molecule is COc1ccc(S(=O)(=O)N2CCN([C@@H](C)c3cccnc3)CC2)cc1. The maximum atomic E-state index is 12.8. The molecule has 1 aliphatic rings. The van der Waals surface area contributed by atoms with E-state index in [9.17, 15) is 8.42 Å². The van der Waals surface area contributed by atoms with E-state index < -0.39 is 10.0 Å². The number of piperazine rings is 1. The molecule has 0 spiro atoms. The molecule has 25 heavy (non-hydrogen) atoms. The highest BCUT2D eigenvalue weighted by atomic mass is 32.2. The number of hydrogen-bond acceptors (Lipinski definition) is 5. The van der Waals surface area contributed by atoms with Gasteiger partial charge in [0, 0.05) is 44.6 Å². The second-order valence-corrected chi connectivity index (χ2v) is 8.02. The highest BCUT2D eigenvalue weighted by Gasteiger charge is 2.30. The Hall–Kier alpha value is -1.96. The molecule has 0 aliphatic carbocycles. The van der Waals surface area contributed by atoms with E-state index in [0.717, 1.165) is 5.56 Å². The minimum absolute atomic E-state index is 0.222. The van der Waals surface area contributed by atoms with E-state index in [1.807, 2.05) is 12.3 Å². The van der Waals surface area contributed by atoms with Gasteiger partial charge in [0.1, 0.15) is 5.75 Å². The van der Waals surface area contributed by atoms with Crippen LogP contribution in [0.3, 0.4) is 0 Å². The van der Waals surface area contributed by atoms with Crippen LogP contribution in [0.1, 0.15) is 18.5 Å². The highest BCUT2D eigenvalue weighted by molar-refractivity contribution is 7.89. The quantitative estimate of drug-likeness (QED) is 0.817. The first kappa shape index (κ1) is 17.8. The minimum Gasteiger partial charge on any atom is -0.497 e. The van der Waals surface area contributed by atoms with Crippen LogP contribution >= 0.6 is 0 Å². The van der Waals surface area contributed by atoms with Crippen LogP contribution in [0.5, 0.6) is 5.75 Å². The Bertz CT molecular complexity index is 786. The van der Waals surface area contributed by atoms with Crippen molar-refractivity contribution in [2.45, 2.75) is 17.9 Å². The molecule has 0 unspecified atom stereocenters. The molecule has 2 heterocycles. The summed E-state index contributed by atoms with van der Waals surface area (Å²) in [6.45, 7) is 4.50. The number of hydrogen-bond donors (Lipinski definition) is 0. The molecule has 0 radical (unpaired) electrons. The van der Waals surface area contributed by atoms with E-state index >= 15 is 0 Å². The third kappa shape index (κ3) is 3.84. The van der Waals surface area contributed by atoms with E-state index in [1.165, 1.54) is 0 Å². The lowest BCUT2D eigenvalue weighted by atomic mass is 10.1. The fourth-order valence-electron chi connectivity index (χ4n) is 3.06. The molecule has 7 heteroatoms. The molecule has 0 saturated carbocycles. The van der Waals surface area contributed by atoms with Crippen LogP contribution in [-0.2, 0) is 10.0 Å². The van der Waals surface area contributed by atoms with Crippen LogP contribution in [-0.4, -0.2) is 55.9 Å². The summed E-state index contributed by atoms with van der Waals surface area (Å²) in [6, 6.07) is 10.7. The van der Waals surface area contributed by atoms with Crippen molar-refractivity contribution in [1.29, 1.82) is 0 Å². The van der Waals surface area contributed by atoms with Crippen molar-refractivity contribution >= 4 is 10.0 Å². The lowest BCUT2D eigenvalue weighted by molar-refractivity contribution is 0.145. The van der Waals surface area contributed by atoms with Gasteiger partial charge in [-0.2, -0.15) is 4.31 Å². The van der Waals surface area contributed by atoms with Crippen LogP contribution in [0, 0.1) is 0 Å². The fourth-order valence-corrected chi connectivity index (χ4v) is 4.48. The second kappa shape index (κ2) is 7.51. The van der Waals surface area contributed by atoms with Gasteiger partial charge in [0.25, 0.3) is 0 Å². The molecular formula is C18H23N3O3S. The zero-order chi connectivity index (χ0) is 17.9. The third-order valence-electron chi connectivity index (χ3n) is 4.68. The number of pyridine rings is 1. The first-order valence-corrected chi connectivity index (χ1v) is 9.74. The molecule has 1 saturated heterocycles. The topological polar surface area (TPSA) is 62.7 Å². The van der Waals surface area contributed by atoms with Crippen molar-refractivity contribution in [1.82, 2.24) is 14.2 Å². The average molecular weight is 361 g/mol. The first-order chi connectivity index (χ1) is 12.0. The monoisotopic (exact) mass is 361 g/mol. The smallest absolute Gasteiger partial charge is 0.243 e. The van der Waals surface area contributed by atoms with Crippen molar-refractivity contribution in [2.75, 3.05) is 33.3 Å². The summed E-state index contributed by atoms with van der Waals surface area (Å²) in [5, 5.41) is 0. The Morgan fingerprint density at radius 1 is 1.08 bits per heavy atom. The largest absolute Gasteiger partial charge is 0.497 e. The Morgan fingerprint density at radius 3 is 2.32 bits per heavy atom. The fraction of sp³-hybridized carbons (Fsp3) is 0.389. The van der Waals surface area contributed by atoms with Crippen LogP contribution < -0.4 is 4.74 Å². The average Bonchev–Trinajstić information content (AvgIpc) is 2.68. The van der Waals surface area contributed by atoms with Gasteiger partial charge in [-0.05, 0) is 42.8 Å². The highest BCUT2D eigenvalue weighted by Crippen LogP contribution is 2.24. The number of ether oxygens (including phenoxy) is 1. The van der Waals surface area contributed by atoms with Crippen LogP contribution in [0.15, 0.2) is 53.7 Å². The maximum absolute atomic E-state index is 12.8. The molecule has 1 aromatic heterocycles. The molecule has 0 bridgehead atoms. The van der Waals surface area contributed by atoms with Gasteiger partial charge in [0.2, 0.25) is 10.0 Å². The van der Waals surface area contributed by atoms with Crippen molar-refractivity contribution in [2.24, 2.45) is 0 Å². The Kier molecular flexibility index (Phi) is 5.36. The molecule has 0 N–H and O–H groups in total. The zero-order valence-electron chi connectivity index (χ0n) is 14.5. The Labute approximate surface area is 149 Å². The number of nitrogens with zero attached hydrogens (tertiary/aromatic N) is 3. The second-order valence-electron chi connectivity index (χ2n) is 6.08. The number of rotatable bonds is 5. The van der Waals surface area contributed by atoms with Gasteiger partial charge in [-0.15, -0.1) is 0 Å². The van der Waals surface area contributed by atoms with E-state index in [0.29, 0.717) is 36.8 Å². The van der Waals surface area contributed by atoms with Crippen LogP contribution in [0.25, 0.3) is 0 Å². The van der Waals surface area contributed by atoms with Crippen molar-refractivity contribution in [3.63, 3.8) is 0 Å². The summed E-state index contributed by atoms with van der Waals surface area (Å²) in [7, 11) is -1.90. The predicted molar refractivity (Wildman–Crippen MR) is 96.0 cm³/mol. The van der Waals surface area contributed by atoms with Crippen molar-refractivity contribution < 1.29 is 13.2 Å². The van der Waals surface area contributed by atoms with Gasteiger partial charge >= 0.3 is 0 Å². The summed E-state index contributed by atoms with van der Waals surface area (Å²) in [4.78, 5) is 6.76. The van der Waals surface area contributed by atoms with Crippen molar-refractivity contribution in [3.05, 3.63) is 54.4 Å². The summed E-state index contributed by atoms with van der Waals surface area (Å²) >= 11 is 0. The number of aromatic nitrogens is 1. The summed E-state index contributed by atoms with van der Waals surface area (Å²) in [5.41, 5.74) is 1.15. The van der Waals surface area contributed by atoms with E-state index in [1.54, 1.807) is 41.9 Å². The maximum Gasteiger partial charge on any atom is 0.243 e. The van der Waals surface area contributed by atoms with Crippen molar-refractivity contribution in [3.8, 4) is 5.75 Å². The van der Waals surface area contributed by atoms with Gasteiger partial charge in [-0.1, -0.05) is 6.07 Å². The molecular weight excluding hydrogens is 338 g/mol.